The summed E-state index contributed by atoms with van der Waals surface area (Å²) in [6, 6.07) is 15.7. The molecular weight excluding hydrogens is 210 g/mol. The summed E-state index contributed by atoms with van der Waals surface area (Å²) in [5, 5.41) is 0. The first-order valence-corrected chi connectivity index (χ1v) is 5.46. The highest BCUT2D eigenvalue weighted by Crippen LogP contribution is 2.20. The molecule has 0 bridgehead atoms. The van der Waals surface area contributed by atoms with Crippen molar-refractivity contribution in [3.05, 3.63) is 59.7 Å². The zero-order valence-electron chi connectivity index (χ0n) is 9.76. The molecule has 0 radical (unpaired) electrons. The van der Waals surface area contributed by atoms with Gasteiger partial charge >= 0.3 is 0 Å². The highest BCUT2D eigenvalue weighted by Gasteiger charge is 1.96. The van der Waals surface area contributed by atoms with Crippen molar-refractivity contribution in [3.8, 4) is 5.75 Å². The van der Waals surface area contributed by atoms with E-state index in [1.165, 1.54) is 0 Å². The Bertz CT molecular complexity index is 532. The molecule has 0 aliphatic rings. The van der Waals surface area contributed by atoms with Gasteiger partial charge in [-0.15, -0.1) is 0 Å². The summed E-state index contributed by atoms with van der Waals surface area (Å²) >= 11 is 0. The summed E-state index contributed by atoms with van der Waals surface area (Å²) in [7, 11) is 1.67. The van der Waals surface area contributed by atoms with Crippen LogP contribution < -0.4 is 10.5 Å². The molecule has 0 aliphatic carbocycles. The SMILES string of the molecule is COc1ccccc1C=Cc1cccc(N)c1. The Balaban J connectivity index is 2.26. The molecule has 0 fully saturated rings. The zero-order chi connectivity index (χ0) is 12.1. The van der Waals surface area contributed by atoms with Crippen molar-refractivity contribution in [2.75, 3.05) is 12.8 Å². The highest BCUT2D eigenvalue weighted by atomic mass is 16.5. The molecule has 17 heavy (non-hydrogen) atoms. The lowest BCUT2D eigenvalue weighted by molar-refractivity contribution is 0.414. The van der Waals surface area contributed by atoms with Crippen LogP contribution in [0.2, 0.25) is 0 Å². The molecule has 2 nitrogen and oxygen atoms in total. The maximum Gasteiger partial charge on any atom is 0.126 e. The van der Waals surface area contributed by atoms with Crippen molar-refractivity contribution in [3.63, 3.8) is 0 Å². The monoisotopic (exact) mass is 225 g/mol. The first-order valence-electron chi connectivity index (χ1n) is 5.46. The van der Waals surface area contributed by atoms with Crippen LogP contribution in [0, 0.1) is 0 Å². The quantitative estimate of drug-likeness (QED) is 0.641. The number of hydrogen-bond acceptors (Lipinski definition) is 2. The molecule has 0 aromatic heterocycles. The summed E-state index contributed by atoms with van der Waals surface area (Å²) in [6.07, 6.45) is 4.04. The molecule has 0 unspecified atom stereocenters. The number of anilines is 1. The fraction of sp³-hybridized carbons (Fsp3) is 0.0667. The number of rotatable bonds is 3. The molecule has 0 spiro atoms. The molecule has 2 aromatic carbocycles. The van der Waals surface area contributed by atoms with Gasteiger partial charge in [0.1, 0.15) is 5.75 Å². The van der Waals surface area contributed by atoms with Crippen molar-refractivity contribution < 1.29 is 4.74 Å². The van der Waals surface area contributed by atoms with Crippen molar-refractivity contribution in [2.24, 2.45) is 0 Å². The second-order valence-electron chi connectivity index (χ2n) is 3.75. The average Bonchev–Trinajstić information content (AvgIpc) is 2.37. The number of hydrogen-bond donors (Lipinski definition) is 1. The smallest absolute Gasteiger partial charge is 0.126 e. The minimum atomic E-state index is 0.771. The van der Waals surface area contributed by atoms with E-state index in [1.807, 2.05) is 60.7 Å². The van der Waals surface area contributed by atoms with Gasteiger partial charge in [0.2, 0.25) is 0 Å². The average molecular weight is 225 g/mol. The van der Waals surface area contributed by atoms with Gasteiger partial charge in [0.25, 0.3) is 0 Å². The van der Waals surface area contributed by atoms with Gasteiger partial charge in [-0.25, -0.2) is 0 Å². The standard InChI is InChI=1S/C15H15NO/c1-17-15-8-3-2-6-13(15)10-9-12-5-4-7-14(16)11-12/h2-11H,16H2,1H3. The number of methoxy groups -OCH3 is 1. The van der Waals surface area contributed by atoms with Gasteiger partial charge in [-0.2, -0.15) is 0 Å². The van der Waals surface area contributed by atoms with Crippen LogP contribution in [0.5, 0.6) is 5.75 Å². The van der Waals surface area contributed by atoms with E-state index in [0.29, 0.717) is 0 Å². The molecule has 2 rings (SSSR count). The zero-order valence-corrected chi connectivity index (χ0v) is 9.76. The van der Waals surface area contributed by atoms with Crippen molar-refractivity contribution in [2.45, 2.75) is 0 Å². The third kappa shape index (κ3) is 2.88. The number of ether oxygens (including phenoxy) is 1. The van der Waals surface area contributed by atoms with E-state index >= 15 is 0 Å². The van der Waals surface area contributed by atoms with Crippen molar-refractivity contribution >= 4 is 17.8 Å². The largest absolute Gasteiger partial charge is 0.496 e. The van der Waals surface area contributed by atoms with Gasteiger partial charge in [0.05, 0.1) is 7.11 Å². The summed E-state index contributed by atoms with van der Waals surface area (Å²) in [6.45, 7) is 0. The van der Waals surface area contributed by atoms with Crippen LogP contribution in [0.25, 0.3) is 12.2 Å². The first kappa shape index (κ1) is 11.3. The summed E-state index contributed by atoms with van der Waals surface area (Å²) in [5.74, 6) is 0.868. The number of nitrogens with two attached hydrogens (primary N) is 1. The first-order chi connectivity index (χ1) is 8.29. The summed E-state index contributed by atoms with van der Waals surface area (Å²) in [4.78, 5) is 0. The maximum absolute atomic E-state index is 5.73. The molecule has 0 saturated carbocycles. The van der Waals surface area contributed by atoms with Gasteiger partial charge in [0.15, 0.2) is 0 Å². The molecule has 0 atom stereocenters. The Morgan fingerprint density at radius 3 is 2.59 bits per heavy atom. The van der Waals surface area contributed by atoms with E-state index in [4.69, 9.17) is 10.5 Å². The van der Waals surface area contributed by atoms with Crippen LogP contribution in [-0.2, 0) is 0 Å². The van der Waals surface area contributed by atoms with Crippen LogP contribution in [0.4, 0.5) is 5.69 Å². The van der Waals surface area contributed by atoms with E-state index in [0.717, 1.165) is 22.6 Å². The maximum atomic E-state index is 5.73. The summed E-state index contributed by atoms with van der Waals surface area (Å²) < 4.78 is 5.28. The Morgan fingerprint density at radius 1 is 1.00 bits per heavy atom. The minimum Gasteiger partial charge on any atom is -0.496 e. The van der Waals surface area contributed by atoms with Gasteiger partial charge in [-0.3, -0.25) is 0 Å². The van der Waals surface area contributed by atoms with Crippen molar-refractivity contribution in [1.82, 2.24) is 0 Å². The van der Waals surface area contributed by atoms with Crippen LogP contribution in [0.3, 0.4) is 0 Å². The van der Waals surface area contributed by atoms with Crippen LogP contribution in [0.15, 0.2) is 48.5 Å². The number of para-hydroxylation sites is 1. The molecule has 86 valence electrons. The third-order valence-corrected chi connectivity index (χ3v) is 2.50. The Morgan fingerprint density at radius 2 is 1.82 bits per heavy atom. The van der Waals surface area contributed by atoms with Crippen molar-refractivity contribution in [1.29, 1.82) is 0 Å². The fourth-order valence-electron chi connectivity index (χ4n) is 1.65. The Kier molecular flexibility index (Phi) is 3.46. The molecule has 2 heteroatoms. The molecule has 0 amide bonds. The van der Waals surface area contributed by atoms with Gasteiger partial charge in [-0.05, 0) is 23.8 Å². The van der Waals surface area contributed by atoms with Gasteiger partial charge < -0.3 is 10.5 Å². The molecular formula is C15H15NO. The van der Waals surface area contributed by atoms with E-state index in [2.05, 4.69) is 0 Å². The molecule has 0 heterocycles. The molecule has 0 aliphatic heterocycles. The number of nitrogen functional groups attached to an aromatic ring is 1. The lowest BCUT2D eigenvalue weighted by atomic mass is 10.1. The van der Waals surface area contributed by atoms with Crippen LogP contribution in [0.1, 0.15) is 11.1 Å². The normalized spacial score (nSPS) is 10.6. The lowest BCUT2D eigenvalue weighted by Gasteiger charge is -2.03. The molecule has 2 aromatic rings. The van der Waals surface area contributed by atoms with E-state index < -0.39 is 0 Å². The number of benzene rings is 2. The fourth-order valence-corrected chi connectivity index (χ4v) is 1.65. The van der Waals surface area contributed by atoms with Gasteiger partial charge in [-0.1, -0.05) is 42.5 Å². The topological polar surface area (TPSA) is 35.2 Å². The molecule has 2 N–H and O–H groups in total. The van der Waals surface area contributed by atoms with Crippen LogP contribution >= 0.6 is 0 Å². The van der Waals surface area contributed by atoms with E-state index in [1.54, 1.807) is 7.11 Å². The van der Waals surface area contributed by atoms with Gasteiger partial charge in [0, 0.05) is 11.3 Å². The molecule has 0 saturated heterocycles. The van der Waals surface area contributed by atoms with E-state index in [9.17, 15) is 0 Å². The third-order valence-electron chi connectivity index (χ3n) is 2.50. The predicted octanol–water partition coefficient (Wildman–Crippen LogP) is 3.45. The second-order valence-corrected chi connectivity index (χ2v) is 3.75. The highest BCUT2D eigenvalue weighted by molar-refractivity contribution is 5.73. The Hall–Kier alpha value is -2.22. The summed E-state index contributed by atoms with van der Waals surface area (Å²) in [5.41, 5.74) is 8.63. The van der Waals surface area contributed by atoms with Crippen LogP contribution in [-0.4, -0.2) is 7.11 Å². The lowest BCUT2D eigenvalue weighted by Crippen LogP contribution is -1.86. The second kappa shape index (κ2) is 5.21. The predicted molar refractivity (Wildman–Crippen MR) is 72.8 cm³/mol. The minimum absolute atomic E-state index is 0.771. The Labute approximate surface area is 101 Å². The van der Waals surface area contributed by atoms with E-state index in [-0.39, 0.29) is 0 Å².